The Bertz CT molecular complexity index is 799. The summed E-state index contributed by atoms with van der Waals surface area (Å²) in [5.41, 5.74) is 2.51. The molecular formula is C16H17N3O2S. The first-order chi connectivity index (χ1) is 10.7. The molecule has 0 amide bonds. The largest absolute Gasteiger partial charge is 0.279 e. The molecule has 3 rings (SSSR count). The van der Waals surface area contributed by atoms with Crippen molar-refractivity contribution in [3.63, 3.8) is 0 Å². The number of para-hydroxylation sites is 1. The molecule has 0 atom stereocenters. The van der Waals surface area contributed by atoms with Crippen LogP contribution in [-0.4, -0.2) is 14.9 Å². The molecule has 0 radical (unpaired) electrons. The van der Waals surface area contributed by atoms with Crippen LogP contribution in [0.5, 0.6) is 0 Å². The standard InChI is InChI=1S/C14H11N3O2S.C2H6/c1-2-9-7-11-14(15-8-9)20-13(16-11)10-5-3-4-6-12(10)17(18)19;1-2/h3-8H,2H2,1H3;1-2H3. The summed E-state index contributed by atoms with van der Waals surface area (Å²) >= 11 is 1.37. The highest BCUT2D eigenvalue weighted by Gasteiger charge is 2.17. The van der Waals surface area contributed by atoms with Crippen LogP contribution in [-0.2, 0) is 6.42 Å². The van der Waals surface area contributed by atoms with Crippen LogP contribution in [0.3, 0.4) is 0 Å². The van der Waals surface area contributed by atoms with E-state index in [9.17, 15) is 10.1 Å². The normalized spacial score (nSPS) is 10.1. The fraction of sp³-hybridized carbons (Fsp3) is 0.250. The molecule has 5 nitrogen and oxygen atoms in total. The summed E-state index contributed by atoms with van der Waals surface area (Å²) in [5.74, 6) is 0. The lowest BCUT2D eigenvalue weighted by Gasteiger charge is -1.97. The van der Waals surface area contributed by atoms with Crippen LogP contribution in [0.4, 0.5) is 5.69 Å². The lowest BCUT2D eigenvalue weighted by Crippen LogP contribution is -1.90. The molecule has 2 aromatic heterocycles. The molecule has 0 aliphatic heterocycles. The van der Waals surface area contributed by atoms with Gasteiger partial charge < -0.3 is 0 Å². The van der Waals surface area contributed by atoms with Crippen LogP contribution >= 0.6 is 11.3 Å². The zero-order valence-corrected chi connectivity index (χ0v) is 13.6. The van der Waals surface area contributed by atoms with Crippen molar-refractivity contribution >= 4 is 27.4 Å². The van der Waals surface area contributed by atoms with Crippen LogP contribution < -0.4 is 0 Å². The van der Waals surface area contributed by atoms with Gasteiger partial charge in [0.2, 0.25) is 0 Å². The van der Waals surface area contributed by atoms with Crippen molar-refractivity contribution in [3.05, 3.63) is 52.2 Å². The maximum absolute atomic E-state index is 11.1. The van der Waals surface area contributed by atoms with Gasteiger partial charge >= 0.3 is 0 Å². The fourth-order valence-corrected chi connectivity index (χ4v) is 2.91. The van der Waals surface area contributed by atoms with Crippen LogP contribution in [0.2, 0.25) is 0 Å². The molecule has 6 heteroatoms. The first kappa shape index (κ1) is 16.0. The Morgan fingerprint density at radius 1 is 1.27 bits per heavy atom. The molecule has 1 aromatic carbocycles. The van der Waals surface area contributed by atoms with Gasteiger partial charge in [0, 0.05) is 12.3 Å². The van der Waals surface area contributed by atoms with Gasteiger partial charge in [0.05, 0.1) is 10.5 Å². The second kappa shape index (κ2) is 7.09. The van der Waals surface area contributed by atoms with E-state index in [1.807, 2.05) is 26.1 Å². The van der Waals surface area contributed by atoms with Crippen molar-refractivity contribution in [3.8, 4) is 10.6 Å². The van der Waals surface area contributed by atoms with E-state index in [0.717, 1.165) is 22.3 Å². The molecule has 0 spiro atoms. The topological polar surface area (TPSA) is 68.9 Å². The third-order valence-corrected chi connectivity index (χ3v) is 4.06. The number of pyridine rings is 1. The third kappa shape index (κ3) is 3.12. The van der Waals surface area contributed by atoms with Crippen LogP contribution in [0.1, 0.15) is 26.3 Å². The molecule has 0 aliphatic carbocycles. The van der Waals surface area contributed by atoms with Crippen molar-refractivity contribution in [2.24, 2.45) is 0 Å². The molecule has 0 saturated carbocycles. The highest BCUT2D eigenvalue weighted by molar-refractivity contribution is 7.21. The number of fused-ring (bicyclic) bond motifs is 1. The van der Waals surface area contributed by atoms with E-state index >= 15 is 0 Å². The molecule has 3 aromatic rings. The van der Waals surface area contributed by atoms with Gasteiger partial charge in [0.25, 0.3) is 5.69 Å². The number of rotatable bonds is 3. The van der Waals surface area contributed by atoms with Crippen LogP contribution in [0.25, 0.3) is 20.9 Å². The molecule has 114 valence electrons. The predicted octanol–water partition coefficient (Wildman–Crippen LogP) is 4.86. The first-order valence-corrected chi connectivity index (χ1v) is 8.00. The molecular weight excluding hydrogens is 298 g/mol. The minimum atomic E-state index is -0.383. The average Bonchev–Trinajstić information content (AvgIpc) is 2.99. The number of hydrogen-bond donors (Lipinski definition) is 0. The Kier molecular flexibility index (Phi) is 5.16. The van der Waals surface area contributed by atoms with Crippen molar-refractivity contribution in [2.75, 3.05) is 0 Å². The second-order valence-corrected chi connectivity index (χ2v) is 5.29. The minimum absolute atomic E-state index is 0.0715. The Labute approximate surface area is 132 Å². The Hall–Kier alpha value is -2.34. The molecule has 0 N–H and O–H groups in total. The lowest BCUT2D eigenvalue weighted by atomic mass is 10.2. The molecule has 0 aliphatic rings. The summed E-state index contributed by atoms with van der Waals surface area (Å²) in [6.45, 7) is 6.05. The van der Waals surface area contributed by atoms with Gasteiger partial charge in [-0.2, -0.15) is 0 Å². The van der Waals surface area contributed by atoms with Gasteiger partial charge in [-0.1, -0.05) is 44.2 Å². The maximum atomic E-state index is 11.1. The molecule has 0 saturated heterocycles. The number of nitro groups is 1. The lowest BCUT2D eigenvalue weighted by molar-refractivity contribution is -0.384. The van der Waals surface area contributed by atoms with Crippen molar-refractivity contribution in [1.82, 2.24) is 9.97 Å². The number of thiazole rings is 1. The first-order valence-electron chi connectivity index (χ1n) is 7.18. The summed E-state index contributed by atoms with van der Waals surface area (Å²) in [6, 6.07) is 8.63. The molecule has 2 heterocycles. The average molecular weight is 315 g/mol. The molecule has 0 bridgehead atoms. The van der Waals surface area contributed by atoms with Gasteiger partial charge in [0.15, 0.2) is 0 Å². The number of aromatic nitrogens is 2. The smallest absolute Gasteiger partial charge is 0.258 e. The van der Waals surface area contributed by atoms with Gasteiger partial charge in [0.1, 0.15) is 15.4 Å². The van der Waals surface area contributed by atoms with E-state index < -0.39 is 0 Å². The van der Waals surface area contributed by atoms with Gasteiger partial charge in [-0.25, -0.2) is 9.97 Å². The van der Waals surface area contributed by atoms with Crippen molar-refractivity contribution in [1.29, 1.82) is 0 Å². The van der Waals surface area contributed by atoms with E-state index in [0.29, 0.717) is 10.6 Å². The summed E-state index contributed by atoms with van der Waals surface area (Å²) in [4.78, 5) is 20.3. The zero-order valence-electron chi connectivity index (χ0n) is 12.7. The number of aryl methyl sites for hydroxylation is 1. The monoisotopic (exact) mass is 315 g/mol. The van der Waals surface area contributed by atoms with Crippen LogP contribution in [0.15, 0.2) is 36.5 Å². The Morgan fingerprint density at radius 2 is 2.00 bits per heavy atom. The van der Waals surface area contributed by atoms with Crippen LogP contribution in [0, 0.1) is 10.1 Å². The molecule has 0 unspecified atom stereocenters. The highest BCUT2D eigenvalue weighted by Crippen LogP contribution is 2.34. The second-order valence-electron chi connectivity index (χ2n) is 4.31. The summed E-state index contributed by atoms with van der Waals surface area (Å²) < 4.78 is 0. The molecule has 0 fully saturated rings. The number of benzene rings is 1. The Balaban J connectivity index is 0.000000847. The van der Waals surface area contributed by atoms with E-state index in [2.05, 4.69) is 16.9 Å². The van der Waals surface area contributed by atoms with Crippen molar-refractivity contribution < 1.29 is 4.92 Å². The number of nitro benzene ring substituents is 1. The SMILES string of the molecule is CC.CCc1cnc2sc(-c3ccccc3[N+](=O)[O-])nc2c1. The molecule has 22 heavy (non-hydrogen) atoms. The summed E-state index contributed by atoms with van der Waals surface area (Å²) in [6.07, 6.45) is 2.71. The van der Waals surface area contributed by atoms with Crippen molar-refractivity contribution in [2.45, 2.75) is 27.2 Å². The highest BCUT2D eigenvalue weighted by atomic mass is 32.1. The van der Waals surface area contributed by atoms with E-state index in [1.54, 1.807) is 18.2 Å². The van der Waals surface area contributed by atoms with E-state index in [4.69, 9.17) is 0 Å². The minimum Gasteiger partial charge on any atom is -0.258 e. The van der Waals surface area contributed by atoms with Gasteiger partial charge in [-0.05, 0) is 24.1 Å². The Morgan fingerprint density at radius 3 is 2.68 bits per heavy atom. The fourth-order valence-electron chi connectivity index (χ4n) is 1.99. The third-order valence-electron chi connectivity index (χ3n) is 3.04. The maximum Gasteiger partial charge on any atom is 0.279 e. The van der Waals surface area contributed by atoms with Gasteiger partial charge in [-0.15, -0.1) is 0 Å². The summed E-state index contributed by atoms with van der Waals surface area (Å²) in [5, 5.41) is 11.7. The quantitative estimate of drug-likeness (QED) is 0.511. The van der Waals surface area contributed by atoms with Gasteiger partial charge in [-0.3, -0.25) is 10.1 Å². The summed E-state index contributed by atoms with van der Waals surface area (Å²) in [7, 11) is 0. The van der Waals surface area contributed by atoms with E-state index in [-0.39, 0.29) is 10.6 Å². The van der Waals surface area contributed by atoms with E-state index in [1.165, 1.54) is 17.4 Å². The number of nitrogens with zero attached hydrogens (tertiary/aromatic N) is 3. The number of hydrogen-bond acceptors (Lipinski definition) is 5. The predicted molar refractivity (Wildman–Crippen MR) is 90.2 cm³/mol. The zero-order chi connectivity index (χ0) is 16.1.